The maximum atomic E-state index is 12.8. The van der Waals surface area contributed by atoms with Crippen LogP contribution in [0.2, 0.25) is 0 Å². The third-order valence-electron chi connectivity index (χ3n) is 5.87. The number of rotatable bonds is 5. The Hall–Kier alpha value is -4.30. The number of nitrogens with zero attached hydrogens (tertiary/aromatic N) is 2. The monoisotopic (exact) mass is 483 g/mol. The molecular weight excluding hydrogens is 462 g/mol. The standard InChI is InChI=1S/C27H21N3O4S/c1-15-14-18(10-13-22(15)34-3)23-16(2)35-27(28-23)29-24(31)17-8-11-19(12-9-17)30-25(32)20-6-4-5-7-21(20)26(30)33/h4-14H,1-3H3,(H,28,29,31). The number of ether oxygens (including phenoxy) is 1. The Morgan fingerprint density at radius 2 is 1.60 bits per heavy atom. The van der Waals surface area contributed by atoms with Crippen molar-refractivity contribution in [3.63, 3.8) is 0 Å². The SMILES string of the molecule is COc1ccc(-c2nc(NC(=O)c3ccc(N4C(=O)c5ccccc5C4=O)cc3)sc2C)cc1C. The first-order chi connectivity index (χ1) is 16.9. The van der Waals surface area contributed by atoms with E-state index in [0.29, 0.717) is 27.5 Å². The molecule has 3 amide bonds. The van der Waals surface area contributed by atoms with Gasteiger partial charge in [-0.15, -0.1) is 11.3 Å². The molecule has 0 atom stereocenters. The zero-order valence-corrected chi connectivity index (χ0v) is 20.1. The second kappa shape index (κ2) is 8.81. The minimum atomic E-state index is -0.373. The molecule has 35 heavy (non-hydrogen) atoms. The van der Waals surface area contributed by atoms with E-state index in [4.69, 9.17) is 4.74 Å². The molecule has 3 aromatic carbocycles. The number of thiazole rings is 1. The van der Waals surface area contributed by atoms with Crippen LogP contribution in [0.4, 0.5) is 10.8 Å². The summed E-state index contributed by atoms with van der Waals surface area (Å²) in [5, 5.41) is 3.33. The Kier molecular flexibility index (Phi) is 5.66. The van der Waals surface area contributed by atoms with Gasteiger partial charge in [0.05, 0.1) is 29.6 Å². The van der Waals surface area contributed by atoms with E-state index < -0.39 is 0 Å². The van der Waals surface area contributed by atoms with Gasteiger partial charge in [-0.25, -0.2) is 9.88 Å². The number of nitrogens with one attached hydrogen (secondary N) is 1. The van der Waals surface area contributed by atoms with E-state index in [1.807, 2.05) is 32.0 Å². The minimum absolute atomic E-state index is 0.329. The molecule has 1 aliphatic rings. The third kappa shape index (κ3) is 3.98. The number of carbonyl (C=O) groups is 3. The largest absolute Gasteiger partial charge is 0.496 e. The molecule has 0 saturated heterocycles. The van der Waals surface area contributed by atoms with Crippen molar-refractivity contribution in [3.8, 4) is 17.0 Å². The molecule has 174 valence electrons. The molecule has 2 heterocycles. The molecule has 4 aromatic rings. The molecule has 0 unspecified atom stereocenters. The number of fused-ring (bicyclic) bond motifs is 1. The third-order valence-corrected chi connectivity index (χ3v) is 6.75. The van der Waals surface area contributed by atoms with Gasteiger partial charge in [0.2, 0.25) is 0 Å². The predicted octanol–water partition coefficient (Wildman–Crippen LogP) is 5.49. The number of carbonyl (C=O) groups excluding carboxylic acids is 3. The van der Waals surface area contributed by atoms with E-state index >= 15 is 0 Å². The number of benzene rings is 3. The topological polar surface area (TPSA) is 88.6 Å². The highest BCUT2D eigenvalue weighted by Crippen LogP contribution is 2.33. The molecule has 5 rings (SSSR count). The van der Waals surface area contributed by atoms with E-state index in [1.54, 1.807) is 55.6 Å². The van der Waals surface area contributed by atoms with Gasteiger partial charge in [-0.05, 0) is 74.0 Å². The molecule has 0 radical (unpaired) electrons. The Balaban J connectivity index is 1.33. The van der Waals surface area contributed by atoms with E-state index in [9.17, 15) is 14.4 Å². The van der Waals surface area contributed by atoms with Crippen molar-refractivity contribution in [2.45, 2.75) is 13.8 Å². The van der Waals surface area contributed by atoms with Crippen molar-refractivity contribution in [1.29, 1.82) is 0 Å². The quantitative estimate of drug-likeness (QED) is 0.379. The summed E-state index contributed by atoms with van der Waals surface area (Å²) in [6.07, 6.45) is 0. The normalized spacial score (nSPS) is 12.6. The highest BCUT2D eigenvalue weighted by molar-refractivity contribution is 7.16. The van der Waals surface area contributed by atoms with Gasteiger partial charge in [0, 0.05) is 16.0 Å². The first kappa shape index (κ1) is 22.5. The van der Waals surface area contributed by atoms with E-state index in [-0.39, 0.29) is 17.7 Å². The van der Waals surface area contributed by atoms with Crippen molar-refractivity contribution < 1.29 is 19.1 Å². The molecule has 0 fully saturated rings. The summed E-state index contributed by atoms with van der Waals surface area (Å²) >= 11 is 1.39. The van der Waals surface area contributed by atoms with Crippen LogP contribution in [0, 0.1) is 13.8 Å². The molecular formula is C27H21N3O4S. The van der Waals surface area contributed by atoms with Gasteiger partial charge in [0.15, 0.2) is 5.13 Å². The molecule has 1 aromatic heterocycles. The lowest BCUT2D eigenvalue weighted by Gasteiger charge is -2.14. The van der Waals surface area contributed by atoms with Crippen molar-refractivity contribution in [2.24, 2.45) is 0 Å². The van der Waals surface area contributed by atoms with Crippen LogP contribution in [-0.2, 0) is 0 Å². The molecule has 0 spiro atoms. The molecule has 1 aliphatic heterocycles. The predicted molar refractivity (Wildman–Crippen MR) is 136 cm³/mol. The summed E-state index contributed by atoms with van der Waals surface area (Å²) in [7, 11) is 1.64. The summed E-state index contributed by atoms with van der Waals surface area (Å²) < 4.78 is 5.33. The molecule has 8 heteroatoms. The fourth-order valence-corrected chi connectivity index (χ4v) is 4.93. The lowest BCUT2D eigenvalue weighted by atomic mass is 10.1. The van der Waals surface area contributed by atoms with Crippen molar-refractivity contribution >= 4 is 39.9 Å². The van der Waals surface area contributed by atoms with Crippen LogP contribution < -0.4 is 15.0 Å². The zero-order chi connectivity index (χ0) is 24.7. The fourth-order valence-electron chi connectivity index (χ4n) is 4.10. The second-order valence-corrected chi connectivity index (χ2v) is 9.30. The van der Waals surface area contributed by atoms with Gasteiger partial charge in [-0.2, -0.15) is 0 Å². The Morgan fingerprint density at radius 1 is 0.943 bits per heavy atom. The van der Waals surface area contributed by atoms with Crippen LogP contribution in [0.25, 0.3) is 11.3 Å². The average molecular weight is 484 g/mol. The number of anilines is 2. The number of methoxy groups -OCH3 is 1. The molecule has 0 bridgehead atoms. The zero-order valence-electron chi connectivity index (χ0n) is 19.3. The summed E-state index contributed by atoms with van der Waals surface area (Å²) in [5.41, 5.74) is 4.30. The van der Waals surface area contributed by atoms with E-state index in [0.717, 1.165) is 32.3 Å². The number of amides is 3. The molecule has 0 saturated carbocycles. The van der Waals surface area contributed by atoms with Crippen molar-refractivity contribution in [2.75, 3.05) is 17.3 Å². The molecule has 0 aliphatic carbocycles. The highest BCUT2D eigenvalue weighted by atomic mass is 32.1. The Bertz CT molecular complexity index is 1460. The second-order valence-electron chi connectivity index (χ2n) is 8.10. The first-order valence-electron chi connectivity index (χ1n) is 10.9. The Labute approximate surface area is 206 Å². The van der Waals surface area contributed by atoms with Gasteiger partial charge in [-0.1, -0.05) is 12.1 Å². The van der Waals surface area contributed by atoms with Gasteiger partial charge < -0.3 is 4.74 Å². The van der Waals surface area contributed by atoms with Gasteiger partial charge in [-0.3, -0.25) is 19.7 Å². The number of hydrogen-bond donors (Lipinski definition) is 1. The van der Waals surface area contributed by atoms with Gasteiger partial charge in [0.1, 0.15) is 5.75 Å². The maximum Gasteiger partial charge on any atom is 0.266 e. The first-order valence-corrected chi connectivity index (χ1v) is 11.7. The highest BCUT2D eigenvalue weighted by Gasteiger charge is 2.36. The summed E-state index contributed by atoms with van der Waals surface area (Å²) in [6.45, 7) is 3.93. The molecule has 7 nitrogen and oxygen atoms in total. The smallest absolute Gasteiger partial charge is 0.266 e. The van der Waals surface area contributed by atoms with Gasteiger partial charge >= 0.3 is 0 Å². The fraction of sp³-hybridized carbons (Fsp3) is 0.111. The van der Waals surface area contributed by atoms with E-state index in [1.165, 1.54) is 11.3 Å². The summed E-state index contributed by atoms with van der Waals surface area (Å²) in [6, 6.07) is 18.9. The number of aryl methyl sites for hydroxylation is 2. The van der Waals surface area contributed by atoms with Crippen LogP contribution in [0.5, 0.6) is 5.75 Å². The number of hydrogen-bond acceptors (Lipinski definition) is 6. The Morgan fingerprint density at radius 3 is 2.20 bits per heavy atom. The summed E-state index contributed by atoms with van der Waals surface area (Å²) in [4.78, 5) is 44.9. The average Bonchev–Trinajstić information content (AvgIpc) is 3.35. The lowest BCUT2D eigenvalue weighted by molar-refractivity contribution is 0.0925. The maximum absolute atomic E-state index is 12.8. The summed E-state index contributed by atoms with van der Waals surface area (Å²) in [5.74, 6) is -0.269. The van der Waals surface area contributed by atoms with Crippen LogP contribution in [-0.4, -0.2) is 29.8 Å². The van der Waals surface area contributed by atoms with E-state index in [2.05, 4.69) is 10.3 Å². The van der Waals surface area contributed by atoms with Gasteiger partial charge in [0.25, 0.3) is 17.7 Å². The van der Waals surface area contributed by atoms with Crippen LogP contribution >= 0.6 is 11.3 Å². The number of aromatic nitrogens is 1. The van der Waals surface area contributed by atoms with Crippen molar-refractivity contribution in [1.82, 2.24) is 4.98 Å². The minimum Gasteiger partial charge on any atom is -0.496 e. The molecule has 1 N–H and O–H groups in total. The van der Waals surface area contributed by atoms with Crippen LogP contribution in [0.3, 0.4) is 0 Å². The van der Waals surface area contributed by atoms with Crippen LogP contribution in [0.15, 0.2) is 66.7 Å². The lowest BCUT2D eigenvalue weighted by Crippen LogP contribution is -2.29. The number of imide groups is 1. The van der Waals surface area contributed by atoms with Crippen LogP contribution in [0.1, 0.15) is 41.5 Å². The van der Waals surface area contributed by atoms with Crippen molar-refractivity contribution in [3.05, 3.63) is 93.9 Å².